The van der Waals surface area contributed by atoms with Gasteiger partial charge in [0.2, 0.25) is 11.8 Å². The molecule has 1 aromatic heterocycles. The van der Waals surface area contributed by atoms with Gasteiger partial charge in [-0.1, -0.05) is 35.9 Å². The first-order valence-electron chi connectivity index (χ1n) is 10.5. The summed E-state index contributed by atoms with van der Waals surface area (Å²) >= 11 is 7.23. The highest BCUT2D eigenvalue weighted by molar-refractivity contribution is 8.00. The Morgan fingerprint density at radius 3 is 2.47 bits per heavy atom. The summed E-state index contributed by atoms with van der Waals surface area (Å²) in [6.07, 6.45) is 1.36. The molecule has 0 atom stereocenters. The number of rotatable bonds is 6. The molecule has 4 rings (SSSR count). The minimum absolute atomic E-state index is 0.161. The van der Waals surface area contributed by atoms with Crippen molar-refractivity contribution in [3.05, 3.63) is 98.8 Å². The largest absolute Gasteiger partial charge is 0.494 e. The van der Waals surface area contributed by atoms with Crippen molar-refractivity contribution in [3.63, 3.8) is 0 Å². The summed E-state index contributed by atoms with van der Waals surface area (Å²) in [7, 11) is 0. The van der Waals surface area contributed by atoms with Gasteiger partial charge in [-0.3, -0.25) is 9.59 Å². The van der Waals surface area contributed by atoms with E-state index in [0.29, 0.717) is 27.0 Å². The molecule has 3 aromatic carbocycles. The average molecular weight is 492 g/mol. The van der Waals surface area contributed by atoms with Crippen LogP contribution in [0.3, 0.4) is 0 Å². The predicted molar refractivity (Wildman–Crippen MR) is 139 cm³/mol. The summed E-state index contributed by atoms with van der Waals surface area (Å²) in [5.41, 5.74) is 5.11. The van der Waals surface area contributed by atoms with Crippen molar-refractivity contribution in [1.82, 2.24) is 9.99 Å². The Bertz CT molecular complexity index is 1460. The molecule has 6 nitrogen and oxygen atoms in total. The van der Waals surface area contributed by atoms with Crippen LogP contribution in [0, 0.1) is 13.8 Å². The Morgan fingerprint density at radius 1 is 1.06 bits per heavy atom. The monoisotopic (exact) mass is 491 g/mol. The molecule has 0 radical (unpaired) electrons. The number of thioether (sulfide) groups is 1. The number of benzene rings is 3. The van der Waals surface area contributed by atoms with Gasteiger partial charge in [-0.2, -0.15) is 5.10 Å². The van der Waals surface area contributed by atoms with Crippen LogP contribution in [0.15, 0.2) is 81.5 Å². The second-order valence-electron chi connectivity index (χ2n) is 7.73. The van der Waals surface area contributed by atoms with E-state index in [9.17, 15) is 14.7 Å². The number of amides is 1. The molecule has 1 heterocycles. The minimum atomic E-state index is -0.336. The number of fused-ring (bicyclic) bond motifs is 1. The number of hydrazone groups is 1. The van der Waals surface area contributed by atoms with E-state index in [1.807, 2.05) is 38.1 Å². The summed E-state index contributed by atoms with van der Waals surface area (Å²) in [4.78, 5) is 26.4. The first kappa shape index (κ1) is 23.6. The van der Waals surface area contributed by atoms with Gasteiger partial charge >= 0.3 is 0 Å². The zero-order valence-electron chi connectivity index (χ0n) is 18.6. The van der Waals surface area contributed by atoms with E-state index >= 15 is 0 Å². The number of pyridine rings is 1. The second-order valence-corrected chi connectivity index (χ2v) is 9.21. The van der Waals surface area contributed by atoms with Crippen LogP contribution in [0.4, 0.5) is 0 Å². The molecule has 0 spiro atoms. The molecule has 4 aromatic rings. The molecule has 34 heavy (non-hydrogen) atoms. The quantitative estimate of drug-likeness (QED) is 0.220. The predicted octanol–water partition coefficient (Wildman–Crippen LogP) is 5.21. The van der Waals surface area contributed by atoms with Crippen LogP contribution in [-0.2, 0) is 4.79 Å². The van der Waals surface area contributed by atoms with Gasteiger partial charge in [0.05, 0.1) is 23.2 Å². The molecule has 0 aliphatic heterocycles. The Balaban J connectivity index is 1.63. The molecule has 0 aliphatic rings. The Labute approximate surface area is 205 Å². The standard InChI is InChI=1S/C26H22ClN3O3S/c1-16-7-10-19(13-17(16)2)30-25(32)22-6-4-3-5-21(22)23(26(30)33)14-28-29-24(31)15-34-20-11-8-18(27)9-12-20/h3-14,33H,15H2,1-2H3,(H,29,31)/b28-14-. The van der Waals surface area contributed by atoms with E-state index in [0.717, 1.165) is 16.0 Å². The highest BCUT2D eigenvalue weighted by Crippen LogP contribution is 2.26. The smallest absolute Gasteiger partial charge is 0.265 e. The summed E-state index contributed by atoms with van der Waals surface area (Å²) in [5.74, 6) is -0.392. The first-order valence-corrected chi connectivity index (χ1v) is 11.9. The highest BCUT2D eigenvalue weighted by Gasteiger charge is 2.16. The lowest BCUT2D eigenvalue weighted by Crippen LogP contribution is -2.21. The normalized spacial score (nSPS) is 11.3. The number of nitrogens with zero attached hydrogens (tertiary/aromatic N) is 2. The van der Waals surface area contributed by atoms with Crippen molar-refractivity contribution in [2.24, 2.45) is 5.10 Å². The number of carbonyl (C=O) groups excluding carboxylic acids is 1. The summed E-state index contributed by atoms with van der Waals surface area (Å²) in [6.45, 7) is 3.93. The maximum Gasteiger partial charge on any atom is 0.265 e. The molecule has 0 aliphatic carbocycles. The lowest BCUT2D eigenvalue weighted by molar-refractivity contribution is -0.118. The molecule has 8 heteroatoms. The van der Waals surface area contributed by atoms with Crippen LogP contribution < -0.4 is 11.0 Å². The second kappa shape index (κ2) is 10.2. The van der Waals surface area contributed by atoms with Crippen LogP contribution in [0.2, 0.25) is 5.02 Å². The number of aromatic nitrogens is 1. The van der Waals surface area contributed by atoms with E-state index in [2.05, 4.69) is 10.5 Å². The number of hydrogen-bond donors (Lipinski definition) is 2. The van der Waals surface area contributed by atoms with Crippen LogP contribution in [0.25, 0.3) is 16.5 Å². The third-order valence-electron chi connectivity index (χ3n) is 5.42. The van der Waals surface area contributed by atoms with Gasteiger partial charge < -0.3 is 5.11 Å². The molecule has 0 fully saturated rings. The van der Waals surface area contributed by atoms with Gasteiger partial charge in [0, 0.05) is 20.7 Å². The SMILES string of the molecule is Cc1ccc(-n2c(O)c(/C=N\NC(=O)CSc3ccc(Cl)cc3)c3ccccc3c2=O)cc1C. The summed E-state index contributed by atoms with van der Waals surface area (Å²) in [6, 6.07) is 19.7. The summed E-state index contributed by atoms with van der Waals surface area (Å²) < 4.78 is 1.26. The van der Waals surface area contributed by atoms with Crippen LogP contribution in [0.1, 0.15) is 16.7 Å². The third kappa shape index (κ3) is 5.00. The topological polar surface area (TPSA) is 83.7 Å². The molecule has 0 saturated carbocycles. The number of aromatic hydroxyl groups is 1. The Morgan fingerprint density at radius 2 is 1.76 bits per heavy atom. The fourth-order valence-corrected chi connectivity index (χ4v) is 4.29. The van der Waals surface area contributed by atoms with Crippen molar-refractivity contribution in [3.8, 4) is 11.6 Å². The van der Waals surface area contributed by atoms with Gasteiger partial charge in [0.1, 0.15) is 0 Å². The molecule has 172 valence electrons. The fourth-order valence-electron chi connectivity index (χ4n) is 3.47. The maximum atomic E-state index is 13.2. The van der Waals surface area contributed by atoms with Gasteiger partial charge in [0.15, 0.2) is 0 Å². The number of hydrogen-bond acceptors (Lipinski definition) is 5. The molecule has 0 bridgehead atoms. The lowest BCUT2D eigenvalue weighted by atomic mass is 10.1. The zero-order chi connectivity index (χ0) is 24.2. The van der Waals surface area contributed by atoms with Gasteiger partial charge in [0.25, 0.3) is 5.56 Å². The Kier molecular flexibility index (Phi) is 7.05. The van der Waals surface area contributed by atoms with E-state index in [-0.39, 0.29) is 23.1 Å². The number of carbonyl (C=O) groups is 1. The van der Waals surface area contributed by atoms with Crippen LogP contribution in [0.5, 0.6) is 5.88 Å². The maximum absolute atomic E-state index is 13.2. The highest BCUT2D eigenvalue weighted by atomic mass is 35.5. The van der Waals surface area contributed by atoms with E-state index in [4.69, 9.17) is 11.6 Å². The van der Waals surface area contributed by atoms with Gasteiger partial charge in [-0.25, -0.2) is 9.99 Å². The molecule has 1 amide bonds. The van der Waals surface area contributed by atoms with Gasteiger partial charge in [-0.15, -0.1) is 11.8 Å². The van der Waals surface area contributed by atoms with E-state index < -0.39 is 0 Å². The third-order valence-corrected chi connectivity index (χ3v) is 6.68. The molecule has 2 N–H and O–H groups in total. The first-order chi connectivity index (χ1) is 16.3. The zero-order valence-corrected chi connectivity index (χ0v) is 20.2. The van der Waals surface area contributed by atoms with Crippen LogP contribution in [-0.4, -0.2) is 27.5 Å². The van der Waals surface area contributed by atoms with Crippen molar-refractivity contribution >= 4 is 46.3 Å². The van der Waals surface area contributed by atoms with Crippen LogP contribution >= 0.6 is 23.4 Å². The van der Waals surface area contributed by atoms with Gasteiger partial charge in [-0.05, 0) is 67.4 Å². The van der Waals surface area contributed by atoms with Crippen molar-refractivity contribution < 1.29 is 9.90 Å². The molecular weight excluding hydrogens is 470 g/mol. The fraction of sp³-hybridized carbons (Fsp3) is 0.115. The van der Waals surface area contributed by atoms with E-state index in [1.165, 1.54) is 22.5 Å². The Hall–Kier alpha value is -3.55. The molecule has 0 saturated heterocycles. The number of nitrogens with one attached hydrogen (secondary N) is 1. The number of halogens is 1. The van der Waals surface area contributed by atoms with Crippen molar-refractivity contribution in [2.75, 3.05) is 5.75 Å². The lowest BCUT2D eigenvalue weighted by Gasteiger charge is -2.14. The number of aryl methyl sites for hydroxylation is 2. The minimum Gasteiger partial charge on any atom is -0.494 e. The summed E-state index contributed by atoms with van der Waals surface area (Å²) in [5, 5.41) is 16.7. The van der Waals surface area contributed by atoms with E-state index in [1.54, 1.807) is 42.5 Å². The van der Waals surface area contributed by atoms with Crippen molar-refractivity contribution in [2.45, 2.75) is 18.7 Å². The average Bonchev–Trinajstić information content (AvgIpc) is 2.83. The van der Waals surface area contributed by atoms with Crippen molar-refractivity contribution in [1.29, 1.82) is 0 Å². The molecular formula is C26H22ClN3O3S. The molecule has 0 unspecified atom stereocenters.